The van der Waals surface area contributed by atoms with E-state index in [-0.39, 0.29) is 35.9 Å². The molecule has 0 saturated carbocycles. The number of furan rings is 1. The van der Waals surface area contributed by atoms with Gasteiger partial charge in [-0.25, -0.2) is 4.99 Å². The van der Waals surface area contributed by atoms with E-state index in [0.717, 1.165) is 35.7 Å². The Labute approximate surface area is 206 Å². The van der Waals surface area contributed by atoms with E-state index < -0.39 is 5.60 Å². The van der Waals surface area contributed by atoms with Crippen LogP contribution in [-0.4, -0.2) is 43.9 Å². The Balaban J connectivity index is 0.00000341. The molecule has 1 aromatic heterocycles. The molecular formula is C23H33ClIN3O3. The van der Waals surface area contributed by atoms with Crippen LogP contribution in [0, 0.1) is 6.92 Å². The number of nitrogens with one attached hydrogen (secondary N) is 2. The summed E-state index contributed by atoms with van der Waals surface area (Å²) < 4.78 is 11.2. The monoisotopic (exact) mass is 561 g/mol. The Morgan fingerprint density at radius 1 is 1.19 bits per heavy atom. The van der Waals surface area contributed by atoms with Gasteiger partial charge in [0.05, 0.1) is 6.54 Å². The second-order valence-corrected chi connectivity index (χ2v) is 8.51. The second-order valence-electron chi connectivity index (χ2n) is 8.11. The average molecular weight is 562 g/mol. The van der Waals surface area contributed by atoms with Gasteiger partial charge in [0, 0.05) is 36.7 Å². The van der Waals surface area contributed by atoms with Crippen molar-refractivity contribution in [2.24, 2.45) is 4.99 Å². The second kappa shape index (κ2) is 11.5. The summed E-state index contributed by atoms with van der Waals surface area (Å²) >= 11 is 6.56. The molecule has 3 rings (SSSR count). The van der Waals surface area contributed by atoms with Crippen molar-refractivity contribution in [1.82, 2.24) is 10.6 Å². The molecule has 2 heterocycles. The van der Waals surface area contributed by atoms with Gasteiger partial charge in [0.1, 0.15) is 17.1 Å². The Morgan fingerprint density at radius 2 is 1.90 bits per heavy atom. The van der Waals surface area contributed by atoms with Crippen LogP contribution in [0.4, 0.5) is 0 Å². The highest BCUT2D eigenvalue weighted by Gasteiger charge is 2.36. The number of ether oxygens (including phenoxy) is 1. The van der Waals surface area contributed by atoms with Gasteiger partial charge in [-0.2, -0.15) is 0 Å². The van der Waals surface area contributed by atoms with Crippen molar-refractivity contribution in [3.05, 3.63) is 58.5 Å². The van der Waals surface area contributed by atoms with Crippen LogP contribution in [0.1, 0.15) is 43.8 Å². The van der Waals surface area contributed by atoms with E-state index in [2.05, 4.69) is 21.7 Å². The van der Waals surface area contributed by atoms with Gasteiger partial charge in [0.15, 0.2) is 5.96 Å². The number of benzene rings is 1. The minimum atomic E-state index is -1.18. The molecule has 0 aliphatic carbocycles. The molecule has 1 saturated heterocycles. The fraction of sp³-hybridized carbons (Fsp3) is 0.522. The number of nitrogens with zero attached hydrogens (tertiary/aromatic N) is 1. The largest absolute Gasteiger partial charge is 0.463 e. The molecule has 3 N–H and O–H groups in total. The zero-order valence-electron chi connectivity index (χ0n) is 18.4. The van der Waals surface area contributed by atoms with Gasteiger partial charge in [-0.05, 0) is 57.4 Å². The van der Waals surface area contributed by atoms with Crippen LogP contribution in [-0.2, 0) is 15.8 Å². The first-order valence-electron chi connectivity index (χ1n) is 10.5. The molecule has 2 aromatic rings. The molecule has 6 nitrogen and oxygen atoms in total. The molecule has 1 aromatic carbocycles. The Morgan fingerprint density at radius 3 is 2.52 bits per heavy atom. The molecule has 172 valence electrons. The fourth-order valence-corrected chi connectivity index (χ4v) is 4.16. The molecule has 1 unspecified atom stereocenters. The number of aliphatic hydroxyl groups is 1. The first kappa shape index (κ1) is 26.0. The lowest BCUT2D eigenvalue weighted by Gasteiger charge is -2.38. The number of rotatable bonds is 7. The maximum absolute atomic E-state index is 10.8. The highest BCUT2D eigenvalue weighted by molar-refractivity contribution is 14.0. The maximum atomic E-state index is 10.8. The molecule has 1 fully saturated rings. The zero-order chi connectivity index (χ0) is 21.6. The smallest absolute Gasteiger partial charge is 0.191 e. The highest BCUT2D eigenvalue weighted by Crippen LogP contribution is 2.38. The van der Waals surface area contributed by atoms with Crippen LogP contribution in [0.15, 0.2) is 45.8 Å². The van der Waals surface area contributed by atoms with Gasteiger partial charge in [0.25, 0.3) is 0 Å². The normalized spacial score (nSPS) is 18.0. The number of aliphatic imine (C=N–C) groups is 1. The van der Waals surface area contributed by atoms with Crippen molar-refractivity contribution in [2.45, 2.75) is 44.6 Å². The summed E-state index contributed by atoms with van der Waals surface area (Å²) in [5.74, 6) is 1.93. The molecule has 0 bridgehead atoms. The third kappa shape index (κ3) is 6.60. The van der Waals surface area contributed by atoms with Crippen molar-refractivity contribution < 1.29 is 14.3 Å². The van der Waals surface area contributed by atoms with Gasteiger partial charge >= 0.3 is 0 Å². The van der Waals surface area contributed by atoms with E-state index in [0.29, 0.717) is 31.5 Å². The first-order chi connectivity index (χ1) is 14.4. The standard InChI is InChI=1S/C23H32ClN3O3.HI/c1-4-25-21(26-15-22(3,28)20-10-9-17(2)30-20)27-16-23(11-13-29-14-12-23)18-7-5-6-8-19(18)24;/h5-10,28H,4,11-16H2,1-3H3,(H2,25,26,27);1H. The van der Waals surface area contributed by atoms with Crippen molar-refractivity contribution in [3.8, 4) is 0 Å². The van der Waals surface area contributed by atoms with Gasteiger partial charge < -0.3 is 24.9 Å². The van der Waals surface area contributed by atoms with Gasteiger partial charge in [-0.3, -0.25) is 0 Å². The maximum Gasteiger partial charge on any atom is 0.191 e. The number of hydrogen-bond donors (Lipinski definition) is 3. The summed E-state index contributed by atoms with van der Waals surface area (Å²) in [6.07, 6.45) is 1.76. The molecule has 8 heteroatoms. The predicted octanol–water partition coefficient (Wildman–Crippen LogP) is 4.37. The SMILES string of the molecule is CCNC(=NCC(C)(O)c1ccc(C)o1)NCC1(c2ccccc2Cl)CCOCC1.I. The zero-order valence-corrected chi connectivity index (χ0v) is 21.5. The third-order valence-electron chi connectivity index (χ3n) is 5.65. The number of hydrogen-bond acceptors (Lipinski definition) is 4. The lowest BCUT2D eigenvalue weighted by Crippen LogP contribution is -2.48. The van der Waals surface area contributed by atoms with E-state index in [1.165, 1.54) is 0 Å². The lowest BCUT2D eigenvalue weighted by molar-refractivity contribution is 0.0427. The summed E-state index contributed by atoms with van der Waals surface area (Å²) in [6, 6.07) is 11.7. The number of halogens is 2. The van der Waals surface area contributed by atoms with Crippen molar-refractivity contribution in [2.75, 3.05) is 32.8 Å². The predicted molar refractivity (Wildman–Crippen MR) is 136 cm³/mol. The molecule has 31 heavy (non-hydrogen) atoms. The molecule has 1 aliphatic heterocycles. The van der Waals surface area contributed by atoms with Crippen LogP contribution in [0.2, 0.25) is 5.02 Å². The summed E-state index contributed by atoms with van der Waals surface area (Å²) in [6.45, 7) is 8.56. The van der Waals surface area contributed by atoms with Crippen LogP contribution in [0.5, 0.6) is 0 Å². The van der Waals surface area contributed by atoms with Crippen LogP contribution in [0.25, 0.3) is 0 Å². The summed E-state index contributed by atoms with van der Waals surface area (Å²) in [5.41, 5.74) is -0.181. The van der Waals surface area contributed by atoms with E-state index >= 15 is 0 Å². The fourth-order valence-electron chi connectivity index (χ4n) is 3.82. The topological polar surface area (TPSA) is 79.0 Å². The first-order valence-corrected chi connectivity index (χ1v) is 10.9. The molecule has 1 aliphatic rings. The van der Waals surface area contributed by atoms with E-state index in [1.807, 2.05) is 38.1 Å². The van der Waals surface area contributed by atoms with Crippen LogP contribution >= 0.6 is 35.6 Å². The van der Waals surface area contributed by atoms with Crippen molar-refractivity contribution >= 4 is 41.5 Å². The lowest BCUT2D eigenvalue weighted by atomic mass is 9.74. The molecule has 0 amide bonds. The summed E-state index contributed by atoms with van der Waals surface area (Å²) in [4.78, 5) is 4.62. The summed E-state index contributed by atoms with van der Waals surface area (Å²) in [5, 5.41) is 18.3. The molecular weight excluding hydrogens is 529 g/mol. The van der Waals surface area contributed by atoms with Gasteiger partial charge in [-0.1, -0.05) is 29.8 Å². The Hall–Kier alpha value is -1.29. The minimum Gasteiger partial charge on any atom is -0.463 e. The number of guanidine groups is 1. The van der Waals surface area contributed by atoms with Gasteiger partial charge in [-0.15, -0.1) is 24.0 Å². The van der Waals surface area contributed by atoms with Crippen LogP contribution < -0.4 is 10.6 Å². The van der Waals surface area contributed by atoms with E-state index in [9.17, 15) is 5.11 Å². The highest BCUT2D eigenvalue weighted by atomic mass is 127. The Bertz CT molecular complexity index is 863. The van der Waals surface area contributed by atoms with E-state index in [1.54, 1.807) is 13.0 Å². The average Bonchev–Trinajstić information content (AvgIpc) is 3.18. The van der Waals surface area contributed by atoms with Gasteiger partial charge in [0.2, 0.25) is 0 Å². The third-order valence-corrected chi connectivity index (χ3v) is 5.98. The molecule has 0 radical (unpaired) electrons. The molecule has 1 atom stereocenters. The van der Waals surface area contributed by atoms with Crippen molar-refractivity contribution in [1.29, 1.82) is 0 Å². The quantitative estimate of drug-likeness (QED) is 0.266. The Kier molecular flexibility index (Phi) is 9.66. The minimum absolute atomic E-state index is 0. The molecule has 0 spiro atoms. The summed E-state index contributed by atoms with van der Waals surface area (Å²) in [7, 11) is 0. The van der Waals surface area contributed by atoms with Crippen LogP contribution in [0.3, 0.4) is 0 Å². The van der Waals surface area contributed by atoms with Crippen molar-refractivity contribution in [3.63, 3.8) is 0 Å². The van der Waals surface area contributed by atoms with E-state index in [4.69, 9.17) is 20.8 Å². The number of aryl methyl sites for hydroxylation is 1.